The summed E-state index contributed by atoms with van der Waals surface area (Å²) < 4.78 is 0. The van der Waals surface area contributed by atoms with Crippen molar-refractivity contribution >= 4 is 12.7 Å². The zero-order chi connectivity index (χ0) is 12.2. The van der Waals surface area contributed by atoms with Gasteiger partial charge < -0.3 is 5.23 Å². The molecule has 1 aliphatic rings. The van der Waals surface area contributed by atoms with Crippen LogP contribution in [0.1, 0.15) is 0 Å². The fourth-order valence-corrected chi connectivity index (χ4v) is 2.01. The predicted octanol–water partition coefficient (Wildman–Crippen LogP) is 3.22. The second-order valence-corrected chi connectivity index (χ2v) is 4.28. The van der Waals surface area contributed by atoms with Crippen LogP contribution in [0.15, 0.2) is 54.6 Å². The first kappa shape index (κ1) is 11.3. The fourth-order valence-electron chi connectivity index (χ4n) is 2.01. The SMILES string of the molecule is c1ccc(-c2ccc(NB3CCOO3)cc2)cc1. The Balaban J connectivity index is 1.72. The summed E-state index contributed by atoms with van der Waals surface area (Å²) >= 11 is 0. The van der Waals surface area contributed by atoms with Gasteiger partial charge in [0.2, 0.25) is 0 Å². The first-order valence-electron chi connectivity index (χ1n) is 6.12. The van der Waals surface area contributed by atoms with Gasteiger partial charge in [0.25, 0.3) is 0 Å². The normalized spacial score (nSPS) is 14.8. The summed E-state index contributed by atoms with van der Waals surface area (Å²) in [6.07, 6.45) is 0.875. The standard InChI is InChI=1S/C14H14BNO2/c1-2-4-12(5-3-1)13-6-8-14(9-7-13)16-15-10-11-17-18-15/h1-9,16H,10-11H2. The Morgan fingerprint density at radius 1 is 0.889 bits per heavy atom. The van der Waals surface area contributed by atoms with Gasteiger partial charge in [-0.15, -0.1) is 0 Å². The fraction of sp³-hybridized carbons (Fsp3) is 0.143. The molecule has 1 saturated heterocycles. The molecule has 4 heteroatoms. The van der Waals surface area contributed by atoms with Crippen molar-refractivity contribution in [1.29, 1.82) is 0 Å². The number of rotatable bonds is 3. The molecule has 0 aromatic heterocycles. The van der Waals surface area contributed by atoms with Crippen LogP contribution in [0.5, 0.6) is 0 Å². The molecule has 2 aromatic rings. The number of benzene rings is 2. The monoisotopic (exact) mass is 239 g/mol. The summed E-state index contributed by atoms with van der Waals surface area (Å²) in [5, 5.41) is 3.27. The van der Waals surface area contributed by atoms with Crippen molar-refractivity contribution in [2.75, 3.05) is 11.8 Å². The van der Waals surface area contributed by atoms with Crippen molar-refractivity contribution in [3.8, 4) is 11.1 Å². The van der Waals surface area contributed by atoms with Crippen molar-refractivity contribution in [3.05, 3.63) is 54.6 Å². The molecule has 1 heterocycles. The average Bonchev–Trinajstić information content (AvgIpc) is 2.94. The molecule has 0 atom stereocenters. The van der Waals surface area contributed by atoms with E-state index < -0.39 is 0 Å². The van der Waals surface area contributed by atoms with E-state index in [1.54, 1.807) is 0 Å². The third kappa shape index (κ3) is 2.55. The zero-order valence-electron chi connectivity index (χ0n) is 10.0. The Morgan fingerprint density at radius 3 is 2.28 bits per heavy atom. The molecule has 1 N–H and O–H groups in total. The smallest absolute Gasteiger partial charge is 0.402 e. The van der Waals surface area contributed by atoms with Crippen LogP contribution < -0.4 is 5.23 Å². The van der Waals surface area contributed by atoms with Crippen molar-refractivity contribution in [1.82, 2.24) is 0 Å². The van der Waals surface area contributed by atoms with E-state index in [1.807, 2.05) is 18.2 Å². The molecule has 0 saturated carbocycles. The van der Waals surface area contributed by atoms with Gasteiger partial charge in [-0.25, -0.2) is 0 Å². The minimum Gasteiger partial charge on any atom is -0.402 e. The lowest BCUT2D eigenvalue weighted by molar-refractivity contribution is -0.185. The second kappa shape index (κ2) is 5.25. The minimum absolute atomic E-state index is 0.0347. The van der Waals surface area contributed by atoms with Gasteiger partial charge in [-0.3, -0.25) is 9.69 Å². The molecule has 1 fully saturated rings. The first-order chi connectivity index (χ1) is 8.92. The Bertz CT molecular complexity index is 495. The van der Waals surface area contributed by atoms with E-state index in [1.165, 1.54) is 11.1 Å². The number of hydrogen-bond acceptors (Lipinski definition) is 3. The van der Waals surface area contributed by atoms with Crippen LogP contribution in [0.25, 0.3) is 11.1 Å². The molecule has 3 rings (SSSR count). The highest BCUT2D eigenvalue weighted by molar-refractivity contribution is 6.56. The topological polar surface area (TPSA) is 30.5 Å². The summed E-state index contributed by atoms with van der Waals surface area (Å²) in [6.45, 7) is 0.653. The van der Waals surface area contributed by atoms with E-state index in [0.717, 1.165) is 12.0 Å². The summed E-state index contributed by atoms with van der Waals surface area (Å²) in [6, 6.07) is 18.7. The maximum Gasteiger partial charge on any atom is 0.452 e. The highest BCUT2D eigenvalue weighted by Gasteiger charge is 2.23. The molecule has 0 bridgehead atoms. The Kier molecular flexibility index (Phi) is 3.30. The summed E-state index contributed by atoms with van der Waals surface area (Å²) in [7, 11) is -0.0347. The van der Waals surface area contributed by atoms with Gasteiger partial charge in [0.15, 0.2) is 0 Å². The molecular formula is C14H14BNO2. The van der Waals surface area contributed by atoms with Crippen LogP contribution in [-0.2, 0) is 9.69 Å². The maximum atomic E-state index is 5.06. The molecule has 2 aromatic carbocycles. The number of nitrogens with one attached hydrogen (secondary N) is 1. The van der Waals surface area contributed by atoms with E-state index in [4.69, 9.17) is 9.69 Å². The van der Waals surface area contributed by atoms with Gasteiger partial charge in [0, 0.05) is 12.0 Å². The molecule has 3 nitrogen and oxygen atoms in total. The maximum absolute atomic E-state index is 5.06. The molecule has 90 valence electrons. The number of hydrogen-bond donors (Lipinski definition) is 1. The van der Waals surface area contributed by atoms with Gasteiger partial charge >= 0.3 is 7.05 Å². The molecule has 0 radical (unpaired) electrons. The second-order valence-electron chi connectivity index (χ2n) is 4.28. The third-order valence-corrected chi connectivity index (χ3v) is 2.97. The van der Waals surface area contributed by atoms with Crippen LogP contribution in [0, 0.1) is 0 Å². The zero-order valence-corrected chi connectivity index (χ0v) is 10.0. The van der Waals surface area contributed by atoms with Crippen molar-refractivity contribution in [2.45, 2.75) is 6.32 Å². The molecular weight excluding hydrogens is 225 g/mol. The van der Waals surface area contributed by atoms with Crippen LogP contribution in [0.2, 0.25) is 6.32 Å². The van der Waals surface area contributed by atoms with Crippen LogP contribution in [0.4, 0.5) is 5.69 Å². The van der Waals surface area contributed by atoms with Gasteiger partial charge in [-0.05, 0) is 23.3 Å². The molecule has 0 amide bonds. The van der Waals surface area contributed by atoms with Gasteiger partial charge in [0.05, 0.1) is 6.61 Å². The van der Waals surface area contributed by atoms with E-state index >= 15 is 0 Å². The van der Waals surface area contributed by atoms with Gasteiger partial charge in [-0.2, -0.15) is 0 Å². The van der Waals surface area contributed by atoms with Crippen molar-refractivity contribution in [3.63, 3.8) is 0 Å². The van der Waals surface area contributed by atoms with E-state index in [-0.39, 0.29) is 7.05 Å². The van der Waals surface area contributed by atoms with Crippen LogP contribution >= 0.6 is 0 Å². The Hall–Kier alpha value is -1.78. The summed E-state index contributed by atoms with van der Waals surface area (Å²) in [5.74, 6) is 0. The quantitative estimate of drug-likeness (QED) is 0.658. The minimum atomic E-state index is -0.0347. The van der Waals surface area contributed by atoms with Crippen molar-refractivity contribution in [2.24, 2.45) is 0 Å². The van der Waals surface area contributed by atoms with Crippen molar-refractivity contribution < 1.29 is 9.69 Å². The predicted molar refractivity (Wildman–Crippen MR) is 73.1 cm³/mol. The first-order valence-corrected chi connectivity index (χ1v) is 6.12. The summed E-state index contributed by atoms with van der Waals surface area (Å²) in [5.41, 5.74) is 3.49. The van der Waals surface area contributed by atoms with Gasteiger partial charge in [-0.1, -0.05) is 42.5 Å². The largest absolute Gasteiger partial charge is 0.452 e. The number of anilines is 1. The van der Waals surface area contributed by atoms with E-state index in [9.17, 15) is 0 Å². The van der Waals surface area contributed by atoms with Crippen LogP contribution in [-0.4, -0.2) is 13.7 Å². The van der Waals surface area contributed by atoms with E-state index in [2.05, 4.69) is 41.6 Å². The highest BCUT2D eigenvalue weighted by atomic mass is 17.2. The summed E-state index contributed by atoms with van der Waals surface area (Å²) in [4.78, 5) is 9.92. The molecule has 0 unspecified atom stereocenters. The lowest BCUT2D eigenvalue weighted by Crippen LogP contribution is -2.22. The lowest BCUT2D eigenvalue weighted by atomic mass is 9.80. The van der Waals surface area contributed by atoms with Crippen LogP contribution in [0.3, 0.4) is 0 Å². The molecule has 18 heavy (non-hydrogen) atoms. The molecule has 0 spiro atoms. The van der Waals surface area contributed by atoms with Gasteiger partial charge in [0.1, 0.15) is 0 Å². The Morgan fingerprint density at radius 2 is 1.61 bits per heavy atom. The lowest BCUT2D eigenvalue weighted by Gasteiger charge is -2.08. The highest BCUT2D eigenvalue weighted by Crippen LogP contribution is 2.21. The Labute approximate surface area is 107 Å². The average molecular weight is 239 g/mol. The molecule has 0 aliphatic carbocycles. The van der Waals surface area contributed by atoms with E-state index in [0.29, 0.717) is 6.61 Å². The third-order valence-electron chi connectivity index (χ3n) is 2.97. The molecule has 1 aliphatic heterocycles.